The van der Waals surface area contributed by atoms with Gasteiger partial charge in [0.05, 0.1) is 6.10 Å². The third-order valence-electron chi connectivity index (χ3n) is 3.30. The summed E-state index contributed by atoms with van der Waals surface area (Å²) in [6.07, 6.45) is 0.208. The van der Waals surface area contributed by atoms with E-state index in [1.165, 1.54) is 16.7 Å². The quantitative estimate of drug-likeness (QED) is 0.873. The van der Waals surface area contributed by atoms with Crippen LogP contribution in [0.2, 0.25) is 0 Å². The lowest BCUT2D eigenvalue weighted by Gasteiger charge is -2.15. The molecule has 1 N–H and O–H groups in total. The van der Waals surface area contributed by atoms with E-state index >= 15 is 0 Å². The Bertz CT molecular complexity index is 570. The first kappa shape index (κ1) is 14.3. The van der Waals surface area contributed by atoms with Gasteiger partial charge in [-0.25, -0.2) is 0 Å². The van der Waals surface area contributed by atoms with Crippen molar-refractivity contribution in [2.75, 3.05) is 0 Å². The third-order valence-corrected chi connectivity index (χ3v) is 3.79. The van der Waals surface area contributed by atoms with Crippen LogP contribution in [0.5, 0.6) is 0 Å². The zero-order valence-electron chi connectivity index (χ0n) is 11.6. The van der Waals surface area contributed by atoms with E-state index in [0.29, 0.717) is 6.42 Å². The smallest absolute Gasteiger partial charge is 0.0832 e. The fraction of sp³-hybridized carbons (Fsp3) is 0.294. The second-order valence-electron chi connectivity index (χ2n) is 5.22. The van der Waals surface area contributed by atoms with Crippen LogP contribution in [-0.4, -0.2) is 5.11 Å². The molecule has 2 aromatic rings. The standard InChI is InChI=1S/C17H19BrO/c1-11-6-12(2)8-14(7-11)10-17(19)16-5-4-15(18)9-13(16)3/h4-9,17,19H,10H2,1-3H3. The fourth-order valence-corrected chi connectivity index (χ4v) is 3.01. The number of benzene rings is 2. The molecule has 2 aromatic carbocycles. The Morgan fingerprint density at radius 3 is 2.21 bits per heavy atom. The van der Waals surface area contributed by atoms with Crippen LogP contribution in [0.3, 0.4) is 0 Å². The van der Waals surface area contributed by atoms with Crippen molar-refractivity contribution in [3.05, 3.63) is 68.7 Å². The molecule has 0 aliphatic heterocycles. The molecule has 1 atom stereocenters. The first-order valence-electron chi connectivity index (χ1n) is 6.47. The Hall–Kier alpha value is -1.12. The maximum Gasteiger partial charge on any atom is 0.0832 e. The van der Waals surface area contributed by atoms with E-state index in [9.17, 15) is 5.11 Å². The molecule has 0 aliphatic rings. The lowest BCUT2D eigenvalue weighted by atomic mass is 9.96. The maximum atomic E-state index is 10.4. The van der Waals surface area contributed by atoms with Gasteiger partial charge < -0.3 is 5.11 Å². The Labute approximate surface area is 123 Å². The topological polar surface area (TPSA) is 20.2 Å². The molecule has 1 nitrogen and oxygen atoms in total. The van der Waals surface area contributed by atoms with Gasteiger partial charge in [0.2, 0.25) is 0 Å². The van der Waals surface area contributed by atoms with E-state index in [0.717, 1.165) is 15.6 Å². The fourth-order valence-electron chi connectivity index (χ4n) is 2.53. The minimum absolute atomic E-state index is 0.450. The van der Waals surface area contributed by atoms with Gasteiger partial charge in [0.1, 0.15) is 0 Å². The van der Waals surface area contributed by atoms with E-state index in [2.05, 4.69) is 48.0 Å². The van der Waals surface area contributed by atoms with E-state index in [1.54, 1.807) is 0 Å². The van der Waals surface area contributed by atoms with Crippen LogP contribution in [-0.2, 0) is 6.42 Å². The number of aliphatic hydroxyl groups excluding tert-OH is 1. The highest BCUT2D eigenvalue weighted by Gasteiger charge is 2.12. The number of hydrogen-bond donors (Lipinski definition) is 1. The lowest BCUT2D eigenvalue weighted by molar-refractivity contribution is 0.177. The van der Waals surface area contributed by atoms with Gasteiger partial charge in [0, 0.05) is 10.9 Å². The summed E-state index contributed by atoms with van der Waals surface area (Å²) >= 11 is 3.45. The van der Waals surface area contributed by atoms with Crippen molar-refractivity contribution in [1.82, 2.24) is 0 Å². The number of aliphatic hydroxyl groups is 1. The van der Waals surface area contributed by atoms with Crippen LogP contribution in [0.15, 0.2) is 40.9 Å². The van der Waals surface area contributed by atoms with Crippen molar-refractivity contribution in [2.24, 2.45) is 0 Å². The lowest BCUT2D eigenvalue weighted by Crippen LogP contribution is -2.04. The predicted molar refractivity (Wildman–Crippen MR) is 83.5 cm³/mol. The molecular weight excluding hydrogens is 300 g/mol. The molecule has 19 heavy (non-hydrogen) atoms. The average Bonchev–Trinajstić information content (AvgIpc) is 2.26. The van der Waals surface area contributed by atoms with Gasteiger partial charge in [0.25, 0.3) is 0 Å². The highest BCUT2D eigenvalue weighted by Crippen LogP contribution is 2.25. The van der Waals surface area contributed by atoms with Gasteiger partial charge >= 0.3 is 0 Å². The zero-order chi connectivity index (χ0) is 14.0. The monoisotopic (exact) mass is 318 g/mol. The second kappa shape index (κ2) is 5.89. The minimum atomic E-state index is -0.450. The predicted octanol–water partition coefficient (Wildman–Crippen LogP) is 4.65. The van der Waals surface area contributed by atoms with E-state index < -0.39 is 6.10 Å². The summed E-state index contributed by atoms with van der Waals surface area (Å²) in [5, 5.41) is 10.4. The first-order chi connectivity index (χ1) is 8.95. The Balaban J connectivity index is 2.22. The molecule has 0 fully saturated rings. The molecule has 0 bridgehead atoms. The van der Waals surface area contributed by atoms with Gasteiger partial charge in [-0.1, -0.05) is 51.3 Å². The van der Waals surface area contributed by atoms with Crippen molar-refractivity contribution in [3.8, 4) is 0 Å². The molecule has 0 spiro atoms. The van der Waals surface area contributed by atoms with Crippen molar-refractivity contribution in [1.29, 1.82) is 0 Å². The summed E-state index contributed by atoms with van der Waals surface area (Å²) in [7, 11) is 0. The van der Waals surface area contributed by atoms with E-state index in [4.69, 9.17) is 0 Å². The largest absolute Gasteiger partial charge is 0.388 e. The number of rotatable bonds is 3. The van der Waals surface area contributed by atoms with Gasteiger partial charge in [-0.05, 0) is 49.6 Å². The molecule has 2 heteroatoms. The average molecular weight is 319 g/mol. The summed E-state index contributed by atoms with van der Waals surface area (Å²) < 4.78 is 1.05. The number of aryl methyl sites for hydroxylation is 3. The van der Waals surface area contributed by atoms with Gasteiger partial charge in [-0.3, -0.25) is 0 Å². The summed E-state index contributed by atoms with van der Waals surface area (Å²) in [5.74, 6) is 0. The van der Waals surface area contributed by atoms with Crippen LogP contribution < -0.4 is 0 Å². The molecule has 1 unspecified atom stereocenters. The van der Waals surface area contributed by atoms with Crippen molar-refractivity contribution >= 4 is 15.9 Å². The van der Waals surface area contributed by atoms with Crippen LogP contribution in [0.4, 0.5) is 0 Å². The molecule has 0 amide bonds. The molecule has 0 saturated carbocycles. The van der Waals surface area contributed by atoms with Crippen LogP contribution in [0, 0.1) is 20.8 Å². The van der Waals surface area contributed by atoms with Gasteiger partial charge in [-0.15, -0.1) is 0 Å². The summed E-state index contributed by atoms with van der Waals surface area (Å²) in [6, 6.07) is 12.5. The SMILES string of the molecule is Cc1cc(C)cc(CC(O)c2ccc(Br)cc2C)c1. The number of hydrogen-bond acceptors (Lipinski definition) is 1. The maximum absolute atomic E-state index is 10.4. The normalized spacial score (nSPS) is 12.5. The highest BCUT2D eigenvalue weighted by molar-refractivity contribution is 9.10. The van der Waals surface area contributed by atoms with E-state index in [-0.39, 0.29) is 0 Å². The molecule has 0 heterocycles. The molecule has 0 aromatic heterocycles. The molecule has 2 rings (SSSR count). The van der Waals surface area contributed by atoms with Gasteiger partial charge in [-0.2, -0.15) is 0 Å². The van der Waals surface area contributed by atoms with Crippen LogP contribution >= 0.6 is 15.9 Å². The van der Waals surface area contributed by atoms with E-state index in [1.807, 2.05) is 25.1 Å². The summed E-state index contributed by atoms with van der Waals surface area (Å²) in [4.78, 5) is 0. The molecule has 100 valence electrons. The highest BCUT2D eigenvalue weighted by atomic mass is 79.9. The van der Waals surface area contributed by atoms with Gasteiger partial charge in [0.15, 0.2) is 0 Å². The first-order valence-corrected chi connectivity index (χ1v) is 7.26. The molecule has 0 aliphatic carbocycles. The second-order valence-corrected chi connectivity index (χ2v) is 6.13. The molecule has 0 radical (unpaired) electrons. The molecule has 0 saturated heterocycles. The third kappa shape index (κ3) is 3.68. The minimum Gasteiger partial charge on any atom is -0.388 e. The summed E-state index contributed by atoms with van der Waals surface area (Å²) in [5.41, 5.74) is 5.80. The zero-order valence-corrected chi connectivity index (χ0v) is 13.2. The van der Waals surface area contributed by atoms with Crippen LogP contribution in [0.25, 0.3) is 0 Å². The Kier molecular flexibility index (Phi) is 4.43. The van der Waals surface area contributed by atoms with Crippen molar-refractivity contribution in [3.63, 3.8) is 0 Å². The van der Waals surface area contributed by atoms with Crippen molar-refractivity contribution < 1.29 is 5.11 Å². The van der Waals surface area contributed by atoms with Crippen LogP contribution in [0.1, 0.15) is 33.9 Å². The Morgan fingerprint density at radius 1 is 1.00 bits per heavy atom. The summed E-state index contributed by atoms with van der Waals surface area (Å²) in [6.45, 7) is 6.21. The number of halogens is 1. The van der Waals surface area contributed by atoms with Crippen molar-refractivity contribution in [2.45, 2.75) is 33.3 Å². The Morgan fingerprint density at radius 2 is 1.63 bits per heavy atom. The molecular formula is C17H19BrO.